The van der Waals surface area contributed by atoms with Crippen LogP contribution in [-0.2, 0) is 13.0 Å². The summed E-state index contributed by atoms with van der Waals surface area (Å²) >= 11 is 0. The van der Waals surface area contributed by atoms with Crippen molar-refractivity contribution in [3.8, 4) is 11.4 Å². The highest BCUT2D eigenvalue weighted by atomic mass is 15.3. The molecule has 1 fully saturated rings. The van der Waals surface area contributed by atoms with Gasteiger partial charge in [-0.15, -0.1) is 0 Å². The molecule has 0 aromatic carbocycles. The molecule has 4 heteroatoms. The van der Waals surface area contributed by atoms with Crippen LogP contribution in [-0.4, -0.2) is 39.8 Å². The summed E-state index contributed by atoms with van der Waals surface area (Å²) in [6.45, 7) is 5.56. The highest BCUT2D eigenvalue weighted by Crippen LogP contribution is 2.26. The van der Waals surface area contributed by atoms with Crippen LogP contribution in [0.5, 0.6) is 0 Å². The van der Waals surface area contributed by atoms with Crippen LogP contribution in [0.15, 0.2) is 30.6 Å². The molecule has 2 aromatic heterocycles. The molecule has 0 saturated carbocycles. The Labute approximate surface area is 133 Å². The monoisotopic (exact) mass is 298 g/mol. The van der Waals surface area contributed by atoms with Crippen LogP contribution in [0.4, 0.5) is 0 Å². The highest BCUT2D eigenvalue weighted by Gasteiger charge is 2.20. The Kier molecular flexibility index (Phi) is 4.88. The number of nitrogens with zero attached hydrogens (tertiary/aromatic N) is 4. The SMILES string of the molecule is CCCn1nccc1-c1ncccc1C[C@H]1CCCN(C)C1. The molecule has 0 spiro atoms. The van der Waals surface area contributed by atoms with E-state index in [1.165, 1.54) is 31.5 Å². The van der Waals surface area contributed by atoms with E-state index in [4.69, 9.17) is 0 Å². The van der Waals surface area contributed by atoms with Crippen molar-refractivity contribution >= 4 is 0 Å². The van der Waals surface area contributed by atoms with E-state index in [9.17, 15) is 0 Å². The summed E-state index contributed by atoms with van der Waals surface area (Å²) in [6, 6.07) is 6.39. The zero-order valence-corrected chi connectivity index (χ0v) is 13.7. The first-order valence-electron chi connectivity index (χ1n) is 8.42. The normalized spacial score (nSPS) is 19.5. The van der Waals surface area contributed by atoms with Gasteiger partial charge in [0.2, 0.25) is 0 Å². The Balaban J connectivity index is 1.85. The lowest BCUT2D eigenvalue weighted by molar-refractivity contribution is 0.209. The fraction of sp³-hybridized carbons (Fsp3) is 0.556. The van der Waals surface area contributed by atoms with E-state index >= 15 is 0 Å². The van der Waals surface area contributed by atoms with Crippen molar-refractivity contribution in [2.75, 3.05) is 20.1 Å². The van der Waals surface area contributed by atoms with E-state index in [0.29, 0.717) is 0 Å². The van der Waals surface area contributed by atoms with Gasteiger partial charge in [0, 0.05) is 25.5 Å². The lowest BCUT2D eigenvalue weighted by Crippen LogP contribution is -2.33. The van der Waals surface area contributed by atoms with Gasteiger partial charge >= 0.3 is 0 Å². The second-order valence-electron chi connectivity index (χ2n) is 6.43. The van der Waals surface area contributed by atoms with Crippen LogP contribution < -0.4 is 0 Å². The standard InChI is InChI=1S/C18H26N4/c1-3-11-22-17(8-10-20-22)18-16(7-4-9-19-18)13-15-6-5-12-21(2)14-15/h4,7-10,15H,3,5-6,11-14H2,1-2H3/t15-/m1/s1. The second-order valence-corrected chi connectivity index (χ2v) is 6.43. The third-order valence-electron chi connectivity index (χ3n) is 4.52. The van der Waals surface area contributed by atoms with Gasteiger partial charge < -0.3 is 4.90 Å². The predicted octanol–water partition coefficient (Wildman–Crippen LogP) is 3.24. The van der Waals surface area contributed by atoms with Crippen LogP contribution in [0.2, 0.25) is 0 Å². The summed E-state index contributed by atoms with van der Waals surface area (Å²) < 4.78 is 2.08. The molecule has 118 valence electrons. The summed E-state index contributed by atoms with van der Waals surface area (Å²) in [4.78, 5) is 7.12. The van der Waals surface area contributed by atoms with Crippen molar-refractivity contribution in [2.24, 2.45) is 5.92 Å². The fourth-order valence-electron chi connectivity index (χ4n) is 3.51. The van der Waals surface area contributed by atoms with Crippen LogP contribution in [0.1, 0.15) is 31.7 Å². The number of aryl methyl sites for hydroxylation is 1. The van der Waals surface area contributed by atoms with Crippen LogP contribution in [0.25, 0.3) is 11.4 Å². The Morgan fingerprint density at radius 1 is 1.27 bits per heavy atom. The molecule has 0 unspecified atom stereocenters. The van der Waals surface area contributed by atoms with E-state index in [0.717, 1.165) is 36.7 Å². The van der Waals surface area contributed by atoms with E-state index < -0.39 is 0 Å². The maximum Gasteiger partial charge on any atom is 0.0914 e. The molecule has 1 atom stereocenters. The first-order valence-corrected chi connectivity index (χ1v) is 8.42. The van der Waals surface area contributed by atoms with Gasteiger partial charge in [0.1, 0.15) is 0 Å². The molecule has 0 bridgehead atoms. The van der Waals surface area contributed by atoms with E-state index in [2.05, 4.69) is 51.8 Å². The molecule has 0 radical (unpaired) electrons. The molecule has 1 aliphatic rings. The van der Waals surface area contributed by atoms with Crippen LogP contribution in [0.3, 0.4) is 0 Å². The summed E-state index contributed by atoms with van der Waals surface area (Å²) in [7, 11) is 2.23. The maximum atomic E-state index is 4.67. The van der Waals surface area contributed by atoms with E-state index in [-0.39, 0.29) is 0 Å². The quantitative estimate of drug-likeness (QED) is 0.850. The number of rotatable bonds is 5. The molecular weight excluding hydrogens is 272 g/mol. The van der Waals surface area contributed by atoms with Crippen molar-refractivity contribution in [3.63, 3.8) is 0 Å². The molecule has 3 rings (SSSR count). The zero-order valence-electron chi connectivity index (χ0n) is 13.7. The minimum absolute atomic E-state index is 0.740. The van der Waals surface area contributed by atoms with Crippen molar-refractivity contribution < 1.29 is 0 Å². The number of aromatic nitrogens is 3. The lowest BCUT2D eigenvalue weighted by atomic mass is 9.90. The summed E-state index contributed by atoms with van der Waals surface area (Å²) in [5.74, 6) is 0.740. The first-order chi connectivity index (χ1) is 10.8. The summed E-state index contributed by atoms with van der Waals surface area (Å²) in [6.07, 6.45) is 8.62. The first kappa shape index (κ1) is 15.2. The average molecular weight is 298 g/mol. The average Bonchev–Trinajstić information content (AvgIpc) is 2.96. The maximum absolute atomic E-state index is 4.67. The van der Waals surface area contributed by atoms with E-state index in [1.54, 1.807) is 0 Å². The number of hydrogen-bond donors (Lipinski definition) is 0. The zero-order chi connectivity index (χ0) is 15.4. The van der Waals surface area contributed by atoms with Gasteiger partial charge in [-0.25, -0.2) is 0 Å². The van der Waals surface area contributed by atoms with Gasteiger partial charge in [-0.3, -0.25) is 9.67 Å². The van der Waals surface area contributed by atoms with Crippen molar-refractivity contribution in [3.05, 3.63) is 36.2 Å². The van der Waals surface area contributed by atoms with Gasteiger partial charge in [0.05, 0.1) is 11.4 Å². The Morgan fingerprint density at radius 2 is 2.18 bits per heavy atom. The molecule has 1 saturated heterocycles. The number of pyridine rings is 1. The van der Waals surface area contributed by atoms with Gasteiger partial charge in [-0.2, -0.15) is 5.10 Å². The fourth-order valence-corrected chi connectivity index (χ4v) is 3.51. The largest absolute Gasteiger partial charge is 0.306 e. The van der Waals surface area contributed by atoms with Gasteiger partial charge in [0.15, 0.2) is 0 Å². The third kappa shape index (κ3) is 3.38. The number of hydrogen-bond acceptors (Lipinski definition) is 3. The molecule has 1 aliphatic heterocycles. The minimum Gasteiger partial charge on any atom is -0.306 e. The molecule has 4 nitrogen and oxygen atoms in total. The molecule has 2 aromatic rings. The lowest BCUT2D eigenvalue weighted by Gasteiger charge is -2.30. The van der Waals surface area contributed by atoms with Crippen LogP contribution >= 0.6 is 0 Å². The van der Waals surface area contributed by atoms with Gasteiger partial charge in [-0.1, -0.05) is 13.0 Å². The highest BCUT2D eigenvalue weighted by molar-refractivity contribution is 5.58. The van der Waals surface area contributed by atoms with Crippen molar-refractivity contribution in [2.45, 2.75) is 39.2 Å². The van der Waals surface area contributed by atoms with Crippen LogP contribution in [0, 0.1) is 5.92 Å². The predicted molar refractivity (Wildman–Crippen MR) is 89.7 cm³/mol. The molecule has 0 aliphatic carbocycles. The topological polar surface area (TPSA) is 34.0 Å². The molecule has 0 amide bonds. The minimum atomic E-state index is 0.740. The molecular formula is C18H26N4. The summed E-state index contributed by atoms with van der Waals surface area (Å²) in [5, 5.41) is 4.45. The third-order valence-corrected chi connectivity index (χ3v) is 4.52. The van der Waals surface area contributed by atoms with Gasteiger partial charge in [-0.05, 0) is 62.9 Å². The van der Waals surface area contributed by atoms with Gasteiger partial charge in [0.25, 0.3) is 0 Å². The molecule has 22 heavy (non-hydrogen) atoms. The number of likely N-dealkylation sites (tertiary alicyclic amines) is 1. The molecule has 3 heterocycles. The van der Waals surface area contributed by atoms with E-state index in [1.807, 2.05) is 12.4 Å². The Morgan fingerprint density at radius 3 is 3.00 bits per heavy atom. The van der Waals surface area contributed by atoms with Crippen molar-refractivity contribution in [1.29, 1.82) is 0 Å². The second kappa shape index (κ2) is 7.05. The molecule has 0 N–H and O–H groups in total. The summed E-state index contributed by atoms with van der Waals surface area (Å²) in [5.41, 5.74) is 3.63. The van der Waals surface area contributed by atoms with Crippen molar-refractivity contribution in [1.82, 2.24) is 19.7 Å². The Bertz CT molecular complexity index is 605. The smallest absolute Gasteiger partial charge is 0.0914 e. The Hall–Kier alpha value is -1.68. The number of piperidine rings is 1.